The summed E-state index contributed by atoms with van der Waals surface area (Å²) in [6, 6.07) is 15.0. The largest absolute Gasteiger partial charge is 0.289 e. The van der Waals surface area contributed by atoms with Gasteiger partial charge in [0.05, 0.1) is 15.0 Å². The first kappa shape index (κ1) is 22.2. The van der Waals surface area contributed by atoms with Crippen LogP contribution in [0, 0.1) is 6.92 Å². The Morgan fingerprint density at radius 2 is 1.37 bits per heavy atom. The fourth-order valence-corrected chi connectivity index (χ4v) is 4.19. The summed E-state index contributed by atoms with van der Waals surface area (Å²) in [5, 5.41) is 0.124. The van der Waals surface area contributed by atoms with Gasteiger partial charge in [-0.1, -0.05) is 71.2 Å². The minimum absolute atomic E-state index is 0.0381. The summed E-state index contributed by atoms with van der Waals surface area (Å²) in [4.78, 5) is 16.6. The zero-order valence-corrected chi connectivity index (χ0v) is 18.8. The number of aliphatic imine (C=N–C) groups is 1. The molecular formula is C22H18Cl2N2O3S. The maximum Gasteiger partial charge on any atom is 0.284 e. The fourth-order valence-electron chi connectivity index (χ4n) is 2.74. The Morgan fingerprint density at radius 3 is 1.90 bits per heavy atom. The van der Waals surface area contributed by atoms with Crippen molar-refractivity contribution in [3.05, 3.63) is 86.9 Å². The molecule has 0 aromatic heterocycles. The third-order valence-corrected chi connectivity index (χ3v) is 6.74. The van der Waals surface area contributed by atoms with Crippen LogP contribution in [0.4, 0.5) is 0 Å². The molecule has 5 nitrogen and oxygen atoms in total. The van der Waals surface area contributed by atoms with Gasteiger partial charge in [0.15, 0.2) is 11.6 Å². The Bertz CT molecular complexity index is 1210. The number of nitrogens with zero attached hydrogens (tertiary/aromatic N) is 2. The predicted molar refractivity (Wildman–Crippen MR) is 121 cm³/mol. The van der Waals surface area contributed by atoms with Crippen LogP contribution in [0.25, 0.3) is 0 Å². The molecule has 0 amide bonds. The van der Waals surface area contributed by atoms with Gasteiger partial charge in [-0.3, -0.25) is 4.79 Å². The van der Waals surface area contributed by atoms with E-state index in [1.165, 1.54) is 12.1 Å². The van der Waals surface area contributed by atoms with Crippen LogP contribution in [-0.2, 0) is 14.8 Å². The third-order valence-electron chi connectivity index (χ3n) is 4.53. The first-order chi connectivity index (χ1) is 14.1. The second kappa shape index (κ2) is 8.68. The highest BCUT2D eigenvalue weighted by molar-refractivity contribution is 7.90. The number of carbonyl (C=O) groups excluding carboxylic acids is 1. The van der Waals surface area contributed by atoms with Crippen LogP contribution in [0.15, 0.2) is 90.1 Å². The predicted octanol–water partition coefficient (Wildman–Crippen LogP) is 5.18. The van der Waals surface area contributed by atoms with Gasteiger partial charge in [-0.25, -0.2) is 4.99 Å². The Balaban J connectivity index is 2.23. The van der Waals surface area contributed by atoms with Gasteiger partial charge >= 0.3 is 0 Å². The highest BCUT2D eigenvalue weighted by atomic mass is 35.5. The van der Waals surface area contributed by atoms with E-state index in [1.54, 1.807) is 56.3 Å². The minimum Gasteiger partial charge on any atom is -0.289 e. The van der Waals surface area contributed by atoms with E-state index in [0.29, 0.717) is 5.56 Å². The Hall–Kier alpha value is -2.54. The average Bonchev–Trinajstić information content (AvgIpc) is 2.74. The van der Waals surface area contributed by atoms with Crippen molar-refractivity contribution in [3.63, 3.8) is 0 Å². The first-order valence-electron chi connectivity index (χ1n) is 8.95. The highest BCUT2D eigenvalue weighted by Crippen LogP contribution is 2.30. The lowest BCUT2D eigenvalue weighted by Crippen LogP contribution is -2.19. The smallest absolute Gasteiger partial charge is 0.284 e. The van der Waals surface area contributed by atoms with E-state index >= 15 is 0 Å². The number of Topliss-reactive ketones (excluding diaryl/α,β-unsaturated/α-hetero) is 1. The van der Waals surface area contributed by atoms with E-state index < -0.39 is 10.0 Å². The fraction of sp³-hybridized carbons (Fsp3) is 0.136. The number of benzene rings is 2. The lowest BCUT2D eigenvalue weighted by atomic mass is 9.97. The molecule has 0 fully saturated rings. The molecule has 0 spiro atoms. The zero-order chi connectivity index (χ0) is 22.1. The van der Waals surface area contributed by atoms with Crippen LogP contribution in [0.3, 0.4) is 0 Å². The highest BCUT2D eigenvalue weighted by Gasteiger charge is 2.28. The van der Waals surface area contributed by atoms with Gasteiger partial charge in [0.2, 0.25) is 0 Å². The normalized spacial score (nSPS) is 15.7. The molecule has 30 heavy (non-hydrogen) atoms. The number of hydrogen-bond donors (Lipinski definition) is 0. The Morgan fingerprint density at radius 1 is 0.833 bits per heavy atom. The van der Waals surface area contributed by atoms with E-state index in [-0.39, 0.29) is 43.4 Å². The number of carbonyl (C=O) groups is 1. The van der Waals surface area contributed by atoms with Crippen LogP contribution >= 0.6 is 23.2 Å². The summed E-state index contributed by atoms with van der Waals surface area (Å²) in [7, 11) is -4.05. The monoisotopic (exact) mass is 460 g/mol. The molecule has 0 bridgehead atoms. The molecule has 0 heterocycles. The molecule has 8 heteroatoms. The van der Waals surface area contributed by atoms with E-state index in [9.17, 15) is 13.2 Å². The quantitative estimate of drug-likeness (QED) is 0.359. The Kier molecular flexibility index (Phi) is 6.41. The van der Waals surface area contributed by atoms with Crippen molar-refractivity contribution in [1.29, 1.82) is 0 Å². The van der Waals surface area contributed by atoms with E-state index in [0.717, 1.165) is 5.56 Å². The van der Waals surface area contributed by atoms with Crippen molar-refractivity contribution in [2.75, 3.05) is 0 Å². The van der Waals surface area contributed by atoms with Gasteiger partial charge in [0.1, 0.15) is 5.71 Å². The van der Waals surface area contributed by atoms with Gasteiger partial charge in [-0.15, -0.1) is 4.40 Å². The number of halogens is 2. The second-order valence-corrected chi connectivity index (χ2v) is 9.10. The maximum atomic E-state index is 12.9. The second-order valence-electron chi connectivity index (χ2n) is 6.74. The number of ketones is 1. The standard InChI is InChI=1S/C22H18Cl2N2O3S/c1-13-9-11-17(12-10-13)30(28,29)26-22(16-7-5-4-6-8-16)25-20-18(23)14(2)21(27)15(3)19(20)24/h4-12H,1-3H3/b26-22+. The molecule has 2 aromatic rings. The Labute approximate surface area is 185 Å². The number of amidine groups is 1. The number of rotatable bonds is 3. The number of aryl methyl sites for hydroxylation is 1. The van der Waals surface area contributed by atoms with Crippen LogP contribution in [0.2, 0.25) is 0 Å². The van der Waals surface area contributed by atoms with Crippen molar-refractivity contribution in [3.8, 4) is 0 Å². The molecule has 0 radical (unpaired) electrons. The molecular weight excluding hydrogens is 443 g/mol. The lowest BCUT2D eigenvalue weighted by molar-refractivity contribution is -0.112. The maximum absolute atomic E-state index is 12.9. The summed E-state index contributed by atoms with van der Waals surface area (Å²) < 4.78 is 29.8. The van der Waals surface area contributed by atoms with Gasteiger partial charge < -0.3 is 0 Å². The van der Waals surface area contributed by atoms with Gasteiger partial charge in [-0.05, 0) is 32.9 Å². The van der Waals surface area contributed by atoms with E-state index in [1.807, 2.05) is 6.92 Å². The minimum atomic E-state index is -4.05. The molecule has 3 rings (SSSR count). The van der Waals surface area contributed by atoms with Crippen molar-refractivity contribution < 1.29 is 13.2 Å². The summed E-state index contributed by atoms with van der Waals surface area (Å²) in [5.41, 5.74) is 2.06. The van der Waals surface area contributed by atoms with Crippen LogP contribution in [-0.4, -0.2) is 25.7 Å². The first-order valence-corrected chi connectivity index (χ1v) is 11.2. The lowest BCUT2D eigenvalue weighted by Gasteiger charge is -2.16. The van der Waals surface area contributed by atoms with E-state index in [4.69, 9.17) is 23.2 Å². The summed E-state index contributed by atoms with van der Waals surface area (Å²) in [5.74, 6) is -0.369. The van der Waals surface area contributed by atoms with Gasteiger partial charge in [0, 0.05) is 16.7 Å². The molecule has 0 saturated heterocycles. The molecule has 154 valence electrons. The van der Waals surface area contributed by atoms with Gasteiger partial charge in [-0.2, -0.15) is 8.42 Å². The average molecular weight is 461 g/mol. The van der Waals surface area contributed by atoms with Crippen LogP contribution in [0.1, 0.15) is 25.0 Å². The topological polar surface area (TPSA) is 75.9 Å². The molecule has 0 N–H and O–H groups in total. The third kappa shape index (κ3) is 4.46. The number of allylic oxidation sites excluding steroid dienone is 4. The molecule has 1 aliphatic carbocycles. The summed E-state index contributed by atoms with van der Waals surface area (Å²) >= 11 is 12.7. The van der Waals surface area contributed by atoms with Crippen LogP contribution in [0.5, 0.6) is 0 Å². The number of hydrogen-bond acceptors (Lipinski definition) is 3. The summed E-state index contributed by atoms with van der Waals surface area (Å²) in [6.45, 7) is 4.99. The molecule has 1 aliphatic rings. The molecule has 0 unspecified atom stereocenters. The van der Waals surface area contributed by atoms with Crippen LogP contribution < -0.4 is 0 Å². The van der Waals surface area contributed by atoms with Crippen molar-refractivity contribution >= 4 is 50.6 Å². The molecule has 2 aromatic carbocycles. The molecule has 0 atom stereocenters. The SMILES string of the molecule is CC1=C(Cl)C(=N/C(=N/S(=O)(=O)c2ccc(C)cc2)c2ccccc2)C(Cl)=C(C)C1=O. The van der Waals surface area contributed by atoms with Crippen molar-refractivity contribution in [1.82, 2.24) is 0 Å². The van der Waals surface area contributed by atoms with E-state index in [2.05, 4.69) is 9.39 Å². The van der Waals surface area contributed by atoms with Crippen molar-refractivity contribution in [2.24, 2.45) is 9.39 Å². The zero-order valence-electron chi connectivity index (χ0n) is 16.5. The molecule has 0 saturated carbocycles. The summed E-state index contributed by atoms with van der Waals surface area (Å²) in [6.07, 6.45) is 0. The van der Waals surface area contributed by atoms with Crippen molar-refractivity contribution in [2.45, 2.75) is 25.7 Å². The molecule has 0 aliphatic heterocycles. The van der Waals surface area contributed by atoms with Gasteiger partial charge in [0.25, 0.3) is 10.0 Å². The number of sulfonamides is 1.